The Morgan fingerprint density at radius 3 is 2.90 bits per heavy atom. The van der Waals surface area contributed by atoms with Crippen LogP contribution in [0.1, 0.15) is 17.4 Å². The van der Waals surface area contributed by atoms with Crippen LogP contribution in [0.2, 0.25) is 0 Å². The van der Waals surface area contributed by atoms with Crippen molar-refractivity contribution in [3.63, 3.8) is 0 Å². The first-order valence-electron chi connectivity index (χ1n) is 6.91. The number of hydrogen-bond donors (Lipinski definition) is 1. The Kier molecular flexibility index (Phi) is 4.01. The maximum absolute atomic E-state index is 5.37. The molecule has 108 valence electrons. The number of ether oxygens (including phenoxy) is 1. The molecule has 0 spiro atoms. The number of methoxy groups -OCH3 is 1. The number of benzene rings is 1. The molecule has 4 nitrogen and oxygen atoms in total. The average Bonchev–Trinajstić information content (AvgIpc) is 2.97. The van der Waals surface area contributed by atoms with Crippen molar-refractivity contribution in [2.75, 3.05) is 12.4 Å². The van der Waals surface area contributed by atoms with Crippen LogP contribution in [0.25, 0.3) is 10.2 Å². The summed E-state index contributed by atoms with van der Waals surface area (Å²) >= 11 is 1.72. The number of thiophene rings is 1. The average molecular weight is 299 g/mol. The fourth-order valence-corrected chi connectivity index (χ4v) is 3.18. The van der Waals surface area contributed by atoms with E-state index in [0.29, 0.717) is 6.54 Å². The zero-order chi connectivity index (χ0) is 14.7. The molecule has 0 aliphatic heterocycles. The van der Waals surface area contributed by atoms with E-state index in [4.69, 9.17) is 4.74 Å². The molecule has 3 aromatic rings. The second kappa shape index (κ2) is 6.10. The monoisotopic (exact) mass is 299 g/mol. The first-order chi connectivity index (χ1) is 10.3. The molecule has 2 aromatic heterocycles. The van der Waals surface area contributed by atoms with Gasteiger partial charge in [0.05, 0.1) is 12.5 Å². The van der Waals surface area contributed by atoms with Crippen LogP contribution in [0.15, 0.2) is 36.7 Å². The van der Waals surface area contributed by atoms with Crippen molar-refractivity contribution in [2.24, 2.45) is 0 Å². The summed E-state index contributed by atoms with van der Waals surface area (Å²) in [6.45, 7) is 2.83. The molecule has 0 aliphatic rings. The van der Waals surface area contributed by atoms with Crippen LogP contribution in [0.4, 0.5) is 5.82 Å². The van der Waals surface area contributed by atoms with Crippen molar-refractivity contribution in [1.82, 2.24) is 9.97 Å². The van der Waals surface area contributed by atoms with E-state index in [0.717, 1.165) is 33.8 Å². The molecule has 5 heteroatoms. The normalized spacial score (nSPS) is 10.8. The number of hydrogen-bond acceptors (Lipinski definition) is 5. The fourth-order valence-electron chi connectivity index (χ4n) is 2.25. The molecule has 0 saturated carbocycles. The van der Waals surface area contributed by atoms with E-state index in [1.165, 1.54) is 4.88 Å². The van der Waals surface area contributed by atoms with Crippen LogP contribution in [0.3, 0.4) is 0 Å². The predicted molar refractivity (Wildman–Crippen MR) is 87.1 cm³/mol. The van der Waals surface area contributed by atoms with Gasteiger partial charge in [0, 0.05) is 17.0 Å². The molecule has 0 amide bonds. The third-order valence-electron chi connectivity index (χ3n) is 3.37. The number of aryl methyl sites for hydroxylation is 1. The van der Waals surface area contributed by atoms with Crippen molar-refractivity contribution >= 4 is 27.4 Å². The highest BCUT2D eigenvalue weighted by Gasteiger charge is 2.08. The third kappa shape index (κ3) is 2.83. The largest absolute Gasteiger partial charge is 0.496 e. The van der Waals surface area contributed by atoms with Crippen LogP contribution in [-0.4, -0.2) is 17.1 Å². The molecule has 21 heavy (non-hydrogen) atoms. The van der Waals surface area contributed by atoms with Crippen molar-refractivity contribution < 1.29 is 4.74 Å². The standard InChI is InChI=1S/C16H17N3OS/c1-3-12-8-13-15(18-10-19-16(13)21-12)17-9-11-6-4-5-7-14(11)20-2/h4-8,10H,3,9H2,1-2H3,(H,17,18,19). The van der Waals surface area contributed by atoms with Crippen molar-refractivity contribution in [3.05, 3.63) is 47.1 Å². The van der Waals surface area contributed by atoms with E-state index >= 15 is 0 Å². The maximum atomic E-state index is 5.37. The van der Waals surface area contributed by atoms with E-state index in [1.54, 1.807) is 24.8 Å². The zero-order valence-corrected chi connectivity index (χ0v) is 12.9. The molecule has 0 aliphatic carbocycles. The third-order valence-corrected chi connectivity index (χ3v) is 4.56. The smallest absolute Gasteiger partial charge is 0.138 e. The number of rotatable bonds is 5. The molecule has 0 bridgehead atoms. The van der Waals surface area contributed by atoms with Crippen LogP contribution >= 0.6 is 11.3 Å². The number of nitrogens with one attached hydrogen (secondary N) is 1. The van der Waals surface area contributed by atoms with Crippen LogP contribution < -0.4 is 10.1 Å². The van der Waals surface area contributed by atoms with Gasteiger partial charge >= 0.3 is 0 Å². The Hall–Kier alpha value is -2.14. The van der Waals surface area contributed by atoms with Gasteiger partial charge in [-0.25, -0.2) is 9.97 Å². The molecule has 0 unspecified atom stereocenters. The Labute approximate surface area is 127 Å². The molecule has 1 N–H and O–H groups in total. The highest BCUT2D eigenvalue weighted by atomic mass is 32.1. The minimum atomic E-state index is 0.674. The topological polar surface area (TPSA) is 47.0 Å². The summed E-state index contributed by atoms with van der Waals surface area (Å²) in [6.07, 6.45) is 2.63. The van der Waals surface area contributed by atoms with E-state index in [2.05, 4.69) is 34.3 Å². The number of para-hydroxylation sites is 1. The Balaban J connectivity index is 1.86. The van der Waals surface area contributed by atoms with Crippen molar-refractivity contribution in [3.8, 4) is 5.75 Å². The van der Waals surface area contributed by atoms with Gasteiger partial charge in [0.1, 0.15) is 22.7 Å². The molecule has 1 aromatic carbocycles. The molecule has 2 heterocycles. The molecule has 0 radical (unpaired) electrons. The minimum Gasteiger partial charge on any atom is -0.496 e. The highest BCUT2D eigenvalue weighted by Crippen LogP contribution is 2.29. The van der Waals surface area contributed by atoms with Gasteiger partial charge in [0.2, 0.25) is 0 Å². The van der Waals surface area contributed by atoms with E-state index in [-0.39, 0.29) is 0 Å². The molecule has 0 saturated heterocycles. The van der Waals surface area contributed by atoms with Gasteiger partial charge in [-0.05, 0) is 18.6 Å². The Morgan fingerprint density at radius 2 is 2.10 bits per heavy atom. The minimum absolute atomic E-state index is 0.674. The maximum Gasteiger partial charge on any atom is 0.138 e. The van der Waals surface area contributed by atoms with Gasteiger partial charge in [-0.2, -0.15) is 0 Å². The molecular formula is C16H17N3OS. The summed E-state index contributed by atoms with van der Waals surface area (Å²) in [5.74, 6) is 1.76. The summed E-state index contributed by atoms with van der Waals surface area (Å²) in [5, 5.41) is 4.48. The Bertz CT molecular complexity index is 754. The summed E-state index contributed by atoms with van der Waals surface area (Å²) < 4.78 is 5.37. The molecule has 0 atom stereocenters. The van der Waals surface area contributed by atoms with E-state index in [1.807, 2.05) is 18.2 Å². The van der Waals surface area contributed by atoms with E-state index < -0.39 is 0 Å². The summed E-state index contributed by atoms with van der Waals surface area (Å²) in [5.41, 5.74) is 1.11. The lowest BCUT2D eigenvalue weighted by Crippen LogP contribution is -2.03. The lowest BCUT2D eigenvalue weighted by Gasteiger charge is -2.10. The van der Waals surface area contributed by atoms with Crippen LogP contribution in [0, 0.1) is 0 Å². The van der Waals surface area contributed by atoms with Crippen molar-refractivity contribution in [1.29, 1.82) is 0 Å². The summed E-state index contributed by atoms with van der Waals surface area (Å²) in [4.78, 5) is 11.1. The van der Waals surface area contributed by atoms with Gasteiger partial charge in [0.15, 0.2) is 0 Å². The van der Waals surface area contributed by atoms with E-state index in [9.17, 15) is 0 Å². The number of anilines is 1. The fraction of sp³-hybridized carbons (Fsp3) is 0.250. The summed E-state index contributed by atoms with van der Waals surface area (Å²) in [6, 6.07) is 10.2. The number of aromatic nitrogens is 2. The van der Waals surface area contributed by atoms with Gasteiger partial charge in [0.25, 0.3) is 0 Å². The second-order valence-corrected chi connectivity index (χ2v) is 5.79. The molecule has 3 rings (SSSR count). The first-order valence-corrected chi connectivity index (χ1v) is 7.72. The van der Waals surface area contributed by atoms with Gasteiger partial charge < -0.3 is 10.1 Å². The zero-order valence-electron chi connectivity index (χ0n) is 12.1. The molecule has 0 fully saturated rings. The first kappa shape index (κ1) is 13.8. The lowest BCUT2D eigenvalue weighted by atomic mass is 10.2. The van der Waals surface area contributed by atoms with Crippen LogP contribution in [0.5, 0.6) is 5.75 Å². The quantitative estimate of drug-likeness (QED) is 0.777. The predicted octanol–water partition coefficient (Wildman–Crippen LogP) is 3.87. The second-order valence-electron chi connectivity index (χ2n) is 4.67. The SMILES string of the molecule is CCc1cc2c(NCc3ccccc3OC)ncnc2s1. The molecular weight excluding hydrogens is 282 g/mol. The Morgan fingerprint density at radius 1 is 1.24 bits per heavy atom. The van der Waals surface area contributed by atoms with Gasteiger partial charge in [-0.1, -0.05) is 25.1 Å². The number of nitrogens with zero attached hydrogens (tertiary/aromatic N) is 2. The van der Waals surface area contributed by atoms with Crippen molar-refractivity contribution in [2.45, 2.75) is 19.9 Å². The lowest BCUT2D eigenvalue weighted by molar-refractivity contribution is 0.410. The number of fused-ring (bicyclic) bond motifs is 1. The highest BCUT2D eigenvalue weighted by molar-refractivity contribution is 7.18. The van der Waals surface area contributed by atoms with Gasteiger partial charge in [-0.3, -0.25) is 0 Å². The summed E-state index contributed by atoms with van der Waals surface area (Å²) in [7, 11) is 1.69. The van der Waals surface area contributed by atoms with Crippen LogP contribution in [-0.2, 0) is 13.0 Å². The van der Waals surface area contributed by atoms with Gasteiger partial charge in [-0.15, -0.1) is 11.3 Å².